The highest BCUT2D eigenvalue weighted by Crippen LogP contribution is 2.25. The van der Waals surface area contributed by atoms with Crippen molar-refractivity contribution in [1.82, 2.24) is 4.72 Å². The number of halogens is 1. The van der Waals surface area contributed by atoms with Crippen LogP contribution < -0.4 is 10.5 Å². The first kappa shape index (κ1) is 14.8. The standard InChI is InChI=1S/C14H15ClN2O2S/c1-10(11-5-3-2-4-6-11)17-20(18,19)14-9-12(16)7-8-13(14)15/h2-10,17H,16H2,1H3. The first-order chi connectivity index (χ1) is 9.40. The molecule has 20 heavy (non-hydrogen) atoms. The van der Waals surface area contributed by atoms with E-state index >= 15 is 0 Å². The molecule has 0 bridgehead atoms. The fourth-order valence-corrected chi connectivity index (χ4v) is 3.60. The molecule has 4 nitrogen and oxygen atoms in total. The van der Waals surface area contributed by atoms with E-state index in [1.165, 1.54) is 12.1 Å². The topological polar surface area (TPSA) is 72.2 Å². The first-order valence-electron chi connectivity index (χ1n) is 6.02. The molecule has 106 valence electrons. The minimum Gasteiger partial charge on any atom is -0.399 e. The zero-order valence-electron chi connectivity index (χ0n) is 10.9. The van der Waals surface area contributed by atoms with Gasteiger partial charge in [-0.2, -0.15) is 0 Å². The van der Waals surface area contributed by atoms with E-state index < -0.39 is 10.0 Å². The Morgan fingerprint density at radius 3 is 2.45 bits per heavy atom. The first-order valence-corrected chi connectivity index (χ1v) is 7.88. The van der Waals surface area contributed by atoms with Crippen LogP contribution in [0.4, 0.5) is 5.69 Å². The van der Waals surface area contributed by atoms with Crippen LogP contribution in [-0.2, 0) is 10.0 Å². The van der Waals surface area contributed by atoms with Gasteiger partial charge in [0.25, 0.3) is 0 Å². The third-order valence-electron chi connectivity index (χ3n) is 2.88. The van der Waals surface area contributed by atoms with Crippen LogP contribution in [0.5, 0.6) is 0 Å². The van der Waals surface area contributed by atoms with Crippen molar-refractivity contribution in [3.8, 4) is 0 Å². The molecule has 1 unspecified atom stereocenters. The molecular weight excluding hydrogens is 296 g/mol. The van der Waals surface area contributed by atoms with Crippen LogP contribution in [-0.4, -0.2) is 8.42 Å². The summed E-state index contributed by atoms with van der Waals surface area (Å²) in [6.07, 6.45) is 0. The maximum absolute atomic E-state index is 12.3. The second-order valence-electron chi connectivity index (χ2n) is 4.44. The number of rotatable bonds is 4. The lowest BCUT2D eigenvalue weighted by atomic mass is 10.1. The molecular formula is C14H15ClN2O2S. The summed E-state index contributed by atoms with van der Waals surface area (Å²) in [6, 6.07) is 13.3. The summed E-state index contributed by atoms with van der Waals surface area (Å²) in [5.74, 6) is 0. The van der Waals surface area contributed by atoms with Gasteiger partial charge in [0.2, 0.25) is 10.0 Å². The number of anilines is 1. The Morgan fingerprint density at radius 1 is 1.15 bits per heavy atom. The molecule has 0 aromatic heterocycles. The average Bonchev–Trinajstić information content (AvgIpc) is 2.42. The van der Waals surface area contributed by atoms with Crippen molar-refractivity contribution in [2.45, 2.75) is 17.9 Å². The number of hydrogen-bond acceptors (Lipinski definition) is 3. The van der Waals surface area contributed by atoms with Crippen molar-refractivity contribution in [3.63, 3.8) is 0 Å². The predicted octanol–water partition coefficient (Wildman–Crippen LogP) is 2.96. The van der Waals surface area contributed by atoms with E-state index in [0.29, 0.717) is 5.69 Å². The van der Waals surface area contributed by atoms with Crippen molar-refractivity contribution >= 4 is 27.3 Å². The van der Waals surface area contributed by atoms with Crippen molar-refractivity contribution in [2.24, 2.45) is 0 Å². The Bertz CT molecular complexity index is 702. The molecule has 0 saturated heterocycles. The summed E-state index contributed by atoms with van der Waals surface area (Å²) < 4.78 is 27.3. The quantitative estimate of drug-likeness (QED) is 0.853. The van der Waals surface area contributed by atoms with E-state index in [1.807, 2.05) is 30.3 Å². The van der Waals surface area contributed by atoms with Crippen LogP contribution in [0.2, 0.25) is 5.02 Å². The molecule has 0 amide bonds. The molecule has 0 aliphatic rings. The fourth-order valence-electron chi connectivity index (χ4n) is 1.83. The smallest absolute Gasteiger partial charge is 0.242 e. The van der Waals surface area contributed by atoms with E-state index in [4.69, 9.17) is 17.3 Å². The van der Waals surface area contributed by atoms with Gasteiger partial charge in [0.05, 0.1) is 5.02 Å². The maximum atomic E-state index is 12.3. The number of benzene rings is 2. The summed E-state index contributed by atoms with van der Waals surface area (Å²) in [4.78, 5) is -0.0121. The molecule has 1 atom stereocenters. The molecule has 6 heteroatoms. The average molecular weight is 311 g/mol. The Kier molecular flexibility index (Phi) is 4.32. The lowest BCUT2D eigenvalue weighted by Crippen LogP contribution is -2.27. The number of nitrogens with two attached hydrogens (primary N) is 1. The number of nitrogen functional groups attached to an aromatic ring is 1. The van der Waals surface area contributed by atoms with E-state index in [2.05, 4.69) is 4.72 Å². The van der Waals surface area contributed by atoms with Crippen LogP contribution in [0.25, 0.3) is 0 Å². The summed E-state index contributed by atoms with van der Waals surface area (Å²) in [7, 11) is -3.72. The molecule has 0 saturated carbocycles. The monoisotopic (exact) mass is 310 g/mol. The van der Waals surface area contributed by atoms with Crippen molar-refractivity contribution in [1.29, 1.82) is 0 Å². The highest BCUT2D eigenvalue weighted by Gasteiger charge is 2.21. The van der Waals surface area contributed by atoms with Crippen molar-refractivity contribution in [3.05, 3.63) is 59.1 Å². The molecule has 3 N–H and O–H groups in total. The molecule has 0 radical (unpaired) electrons. The highest BCUT2D eigenvalue weighted by molar-refractivity contribution is 7.89. The minimum absolute atomic E-state index is 0.0121. The van der Waals surface area contributed by atoms with Gasteiger partial charge in [0.15, 0.2) is 0 Å². The van der Waals surface area contributed by atoms with Gasteiger partial charge in [-0.05, 0) is 30.7 Å². The van der Waals surface area contributed by atoms with Crippen LogP contribution in [0, 0.1) is 0 Å². The third kappa shape index (κ3) is 3.30. The normalized spacial score (nSPS) is 13.1. The Labute approximate surface area is 123 Å². The minimum atomic E-state index is -3.72. The van der Waals surface area contributed by atoms with Gasteiger partial charge in [-0.15, -0.1) is 0 Å². The highest BCUT2D eigenvalue weighted by atomic mass is 35.5. The van der Waals surface area contributed by atoms with Gasteiger partial charge in [-0.1, -0.05) is 41.9 Å². The predicted molar refractivity (Wildman–Crippen MR) is 81.0 cm³/mol. The maximum Gasteiger partial charge on any atom is 0.242 e. The summed E-state index contributed by atoms with van der Waals surface area (Å²) >= 11 is 5.94. The largest absolute Gasteiger partial charge is 0.399 e. The van der Waals surface area contributed by atoms with E-state index in [9.17, 15) is 8.42 Å². The Balaban J connectivity index is 2.30. The lowest BCUT2D eigenvalue weighted by Gasteiger charge is -2.15. The van der Waals surface area contributed by atoms with Gasteiger partial charge in [-0.3, -0.25) is 0 Å². The molecule has 0 fully saturated rings. The summed E-state index contributed by atoms with van der Waals surface area (Å²) in [5, 5.41) is 0.145. The van der Waals surface area contributed by atoms with E-state index in [1.54, 1.807) is 13.0 Å². The summed E-state index contributed by atoms with van der Waals surface area (Å²) in [6.45, 7) is 1.77. The second-order valence-corrected chi connectivity index (χ2v) is 6.53. The molecule has 0 heterocycles. The van der Waals surface area contributed by atoms with Crippen LogP contribution in [0.15, 0.2) is 53.4 Å². The van der Waals surface area contributed by atoms with Gasteiger partial charge < -0.3 is 5.73 Å². The number of hydrogen-bond donors (Lipinski definition) is 2. The molecule has 0 spiro atoms. The number of nitrogens with one attached hydrogen (secondary N) is 1. The van der Waals surface area contributed by atoms with Crippen molar-refractivity contribution < 1.29 is 8.42 Å². The van der Waals surface area contributed by atoms with Gasteiger partial charge in [0.1, 0.15) is 4.90 Å². The van der Waals surface area contributed by atoms with E-state index in [-0.39, 0.29) is 16.0 Å². The third-order valence-corrected chi connectivity index (χ3v) is 4.90. The van der Waals surface area contributed by atoms with Crippen LogP contribution in [0.3, 0.4) is 0 Å². The zero-order valence-corrected chi connectivity index (χ0v) is 12.4. The molecule has 0 aliphatic heterocycles. The van der Waals surface area contributed by atoms with Gasteiger partial charge in [0, 0.05) is 11.7 Å². The molecule has 2 aromatic carbocycles. The second kappa shape index (κ2) is 5.83. The Hall–Kier alpha value is -1.56. The Morgan fingerprint density at radius 2 is 1.80 bits per heavy atom. The zero-order chi connectivity index (χ0) is 14.8. The molecule has 0 aliphatic carbocycles. The van der Waals surface area contributed by atoms with Crippen molar-refractivity contribution in [2.75, 3.05) is 5.73 Å². The van der Waals surface area contributed by atoms with Gasteiger partial charge in [-0.25, -0.2) is 13.1 Å². The van der Waals surface area contributed by atoms with E-state index in [0.717, 1.165) is 5.56 Å². The lowest BCUT2D eigenvalue weighted by molar-refractivity contribution is 0.567. The van der Waals surface area contributed by atoms with Gasteiger partial charge >= 0.3 is 0 Å². The van der Waals surface area contributed by atoms with Crippen LogP contribution in [0.1, 0.15) is 18.5 Å². The SMILES string of the molecule is CC(NS(=O)(=O)c1cc(N)ccc1Cl)c1ccccc1. The molecule has 2 rings (SSSR count). The van der Waals surface area contributed by atoms with Crippen LogP contribution >= 0.6 is 11.6 Å². The molecule has 2 aromatic rings. The number of sulfonamides is 1. The fraction of sp³-hybridized carbons (Fsp3) is 0.143. The summed E-state index contributed by atoms with van der Waals surface area (Å²) in [5.41, 5.74) is 6.84.